The minimum atomic E-state index is -0.0587. The summed E-state index contributed by atoms with van der Waals surface area (Å²) in [5.41, 5.74) is 0. The number of aldehydes is 1. The zero-order valence-electron chi connectivity index (χ0n) is 7.08. The Morgan fingerprint density at radius 3 is 2.73 bits per heavy atom. The summed E-state index contributed by atoms with van der Waals surface area (Å²) in [7, 11) is 0. The third kappa shape index (κ3) is 3.02. The standard InChI is InChI=1S/C9H16O2/c1-2-3-4-5-6-8-9(7-10)11-8/h7-9H,2-6H2,1H3. The van der Waals surface area contributed by atoms with Crippen molar-refractivity contribution < 1.29 is 9.53 Å². The maximum Gasteiger partial charge on any atom is 0.151 e. The monoisotopic (exact) mass is 156 g/mol. The molecular weight excluding hydrogens is 140 g/mol. The second kappa shape index (κ2) is 4.50. The summed E-state index contributed by atoms with van der Waals surface area (Å²) in [5, 5.41) is 0. The molecule has 0 aliphatic carbocycles. The molecule has 0 saturated carbocycles. The minimum Gasteiger partial charge on any atom is -0.362 e. The summed E-state index contributed by atoms with van der Waals surface area (Å²) in [5.74, 6) is 0. The van der Waals surface area contributed by atoms with Gasteiger partial charge >= 0.3 is 0 Å². The quantitative estimate of drug-likeness (QED) is 0.334. The summed E-state index contributed by atoms with van der Waals surface area (Å²) in [6.45, 7) is 2.20. The molecule has 1 heterocycles. The first-order chi connectivity index (χ1) is 5.38. The van der Waals surface area contributed by atoms with E-state index in [2.05, 4.69) is 6.92 Å². The van der Waals surface area contributed by atoms with Crippen LogP contribution in [0.4, 0.5) is 0 Å². The largest absolute Gasteiger partial charge is 0.362 e. The van der Waals surface area contributed by atoms with Gasteiger partial charge in [-0.05, 0) is 6.42 Å². The number of carbonyl (C=O) groups is 1. The summed E-state index contributed by atoms with van der Waals surface area (Å²) < 4.78 is 5.08. The van der Waals surface area contributed by atoms with Gasteiger partial charge in [-0.2, -0.15) is 0 Å². The van der Waals surface area contributed by atoms with Crippen LogP contribution in [0.1, 0.15) is 39.0 Å². The van der Waals surface area contributed by atoms with Crippen molar-refractivity contribution in [2.75, 3.05) is 0 Å². The van der Waals surface area contributed by atoms with Crippen molar-refractivity contribution in [3.8, 4) is 0 Å². The Morgan fingerprint density at radius 1 is 1.36 bits per heavy atom. The molecule has 0 amide bonds. The number of hydrogen-bond acceptors (Lipinski definition) is 2. The topological polar surface area (TPSA) is 29.6 Å². The van der Waals surface area contributed by atoms with Crippen molar-refractivity contribution in [1.82, 2.24) is 0 Å². The van der Waals surface area contributed by atoms with E-state index < -0.39 is 0 Å². The van der Waals surface area contributed by atoms with Crippen LogP contribution in [0.2, 0.25) is 0 Å². The molecule has 0 bridgehead atoms. The van der Waals surface area contributed by atoms with Crippen LogP contribution in [0.25, 0.3) is 0 Å². The molecule has 1 fully saturated rings. The fraction of sp³-hybridized carbons (Fsp3) is 0.889. The SMILES string of the molecule is CCCCCCC1OC1C=O. The van der Waals surface area contributed by atoms with Gasteiger partial charge in [0.2, 0.25) is 0 Å². The molecule has 0 N–H and O–H groups in total. The van der Waals surface area contributed by atoms with Crippen LogP contribution in [-0.2, 0) is 9.53 Å². The normalized spacial score (nSPS) is 28.5. The Bertz CT molecular complexity index is 123. The lowest BCUT2D eigenvalue weighted by Gasteiger charge is -1.94. The van der Waals surface area contributed by atoms with E-state index in [1.807, 2.05) is 0 Å². The van der Waals surface area contributed by atoms with E-state index in [1.165, 1.54) is 25.7 Å². The lowest BCUT2D eigenvalue weighted by atomic mass is 10.1. The van der Waals surface area contributed by atoms with Gasteiger partial charge in [0.05, 0.1) is 6.10 Å². The molecule has 64 valence electrons. The first kappa shape index (κ1) is 8.72. The molecule has 0 aromatic rings. The third-order valence-electron chi connectivity index (χ3n) is 2.10. The van der Waals surface area contributed by atoms with Gasteiger partial charge < -0.3 is 9.53 Å². The molecule has 11 heavy (non-hydrogen) atoms. The van der Waals surface area contributed by atoms with Crippen LogP contribution >= 0.6 is 0 Å². The first-order valence-electron chi connectivity index (χ1n) is 4.49. The molecule has 2 atom stereocenters. The van der Waals surface area contributed by atoms with Crippen molar-refractivity contribution in [2.24, 2.45) is 0 Å². The molecule has 0 aromatic heterocycles. The molecule has 2 nitrogen and oxygen atoms in total. The van der Waals surface area contributed by atoms with E-state index in [4.69, 9.17) is 4.74 Å². The summed E-state index contributed by atoms with van der Waals surface area (Å²) >= 11 is 0. The molecule has 2 heteroatoms. The fourth-order valence-electron chi connectivity index (χ4n) is 1.28. The maximum atomic E-state index is 10.1. The molecule has 0 radical (unpaired) electrons. The predicted molar refractivity (Wildman–Crippen MR) is 43.5 cm³/mol. The van der Waals surface area contributed by atoms with E-state index >= 15 is 0 Å². The van der Waals surface area contributed by atoms with Crippen LogP contribution in [0.15, 0.2) is 0 Å². The Morgan fingerprint density at radius 2 is 2.18 bits per heavy atom. The Kier molecular flexibility index (Phi) is 3.57. The third-order valence-corrected chi connectivity index (χ3v) is 2.10. The fourth-order valence-corrected chi connectivity index (χ4v) is 1.28. The molecule has 0 spiro atoms. The predicted octanol–water partition coefficient (Wildman–Crippen LogP) is 1.92. The average molecular weight is 156 g/mol. The lowest BCUT2D eigenvalue weighted by Crippen LogP contribution is -1.94. The van der Waals surface area contributed by atoms with Crippen molar-refractivity contribution >= 4 is 6.29 Å². The molecule has 1 saturated heterocycles. The van der Waals surface area contributed by atoms with Gasteiger partial charge in [0, 0.05) is 0 Å². The summed E-state index contributed by atoms with van der Waals surface area (Å²) in [6, 6.07) is 0. The zero-order chi connectivity index (χ0) is 8.10. The van der Waals surface area contributed by atoms with Crippen LogP contribution in [0.3, 0.4) is 0 Å². The number of carbonyl (C=O) groups excluding carboxylic acids is 1. The highest BCUT2D eigenvalue weighted by molar-refractivity contribution is 5.60. The van der Waals surface area contributed by atoms with Crippen LogP contribution in [-0.4, -0.2) is 18.5 Å². The molecule has 0 aromatic carbocycles. The highest BCUT2D eigenvalue weighted by Crippen LogP contribution is 2.25. The summed E-state index contributed by atoms with van der Waals surface area (Å²) in [4.78, 5) is 10.1. The molecule has 1 aliphatic rings. The Hall–Kier alpha value is -0.370. The van der Waals surface area contributed by atoms with E-state index in [9.17, 15) is 4.79 Å². The summed E-state index contributed by atoms with van der Waals surface area (Å²) in [6.07, 6.45) is 7.25. The highest BCUT2D eigenvalue weighted by atomic mass is 16.6. The number of unbranched alkanes of at least 4 members (excludes halogenated alkanes) is 3. The van der Waals surface area contributed by atoms with E-state index in [0.717, 1.165) is 12.7 Å². The smallest absolute Gasteiger partial charge is 0.151 e. The second-order valence-electron chi connectivity index (χ2n) is 3.12. The van der Waals surface area contributed by atoms with Gasteiger partial charge in [-0.15, -0.1) is 0 Å². The van der Waals surface area contributed by atoms with Crippen molar-refractivity contribution in [1.29, 1.82) is 0 Å². The molecule has 2 unspecified atom stereocenters. The van der Waals surface area contributed by atoms with Gasteiger partial charge in [0.25, 0.3) is 0 Å². The van der Waals surface area contributed by atoms with Gasteiger partial charge in [-0.25, -0.2) is 0 Å². The van der Waals surface area contributed by atoms with Gasteiger partial charge in [0.15, 0.2) is 6.29 Å². The lowest BCUT2D eigenvalue weighted by molar-refractivity contribution is -0.108. The van der Waals surface area contributed by atoms with Gasteiger partial charge in [-0.3, -0.25) is 0 Å². The van der Waals surface area contributed by atoms with Gasteiger partial charge in [0.1, 0.15) is 6.10 Å². The molecular formula is C9H16O2. The van der Waals surface area contributed by atoms with Crippen molar-refractivity contribution in [3.63, 3.8) is 0 Å². The number of epoxide rings is 1. The maximum absolute atomic E-state index is 10.1. The first-order valence-corrected chi connectivity index (χ1v) is 4.49. The Balaban J connectivity index is 1.85. The Labute approximate surface area is 67.9 Å². The number of ether oxygens (including phenoxy) is 1. The van der Waals surface area contributed by atoms with E-state index in [-0.39, 0.29) is 12.2 Å². The average Bonchev–Trinajstić information content (AvgIpc) is 2.77. The number of hydrogen-bond donors (Lipinski definition) is 0. The van der Waals surface area contributed by atoms with Crippen LogP contribution < -0.4 is 0 Å². The zero-order valence-corrected chi connectivity index (χ0v) is 7.08. The van der Waals surface area contributed by atoms with Crippen molar-refractivity contribution in [2.45, 2.75) is 51.2 Å². The number of rotatable bonds is 6. The minimum absolute atomic E-state index is 0.0587. The molecule has 1 aliphatic heterocycles. The van der Waals surface area contributed by atoms with Crippen molar-refractivity contribution in [3.05, 3.63) is 0 Å². The van der Waals surface area contributed by atoms with Crippen LogP contribution in [0, 0.1) is 0 Å². The van der Waals surface area contributed by atoms with Crippen LogP contribution in [0.5, 0.6) is 0 Å². The second-order valence-corrected chi connectivity index (χ2v) is 3.12. The van der Waals surface area contributed by atoms with E-state index in [1.54, 1.807) is 0 Å². The van der Waals surface area contributed by atoms with E-state index in [0.29, 0.717) is 0 Å². The van der Waals surface area contributed by atoms with Gasteiger partial charge in [-0.1, -0.05) is 32.6 Å². The molecule has 1 rings (SSSR count). The highest BCUT2D eigenvalue weighted by Gasteiger charge is 2.37.